The number of hydrogen-bond donors (Lipinski definition) is 0. The zero-order chi connectivity index (χ0) is 20.6. The van der Waals surface area contributed by atoms with Crippen molar-refractivity contribution in [3.8, 4) is 5.75 Å². The predicted octanol–water partition coefficient (Wildman–Crippen LogP) is 2.88. The van der Waals surface area contributed by atoms with Gasteiger partial charge in [0.1, 0.15) is 12.0 Å². The van der Waals surface area contributed by atoms with E-state index in [1.807, 2.05) is 36.1 Å². The molecule has 1 aromatic carbocycles. The van der Waals surface area contributed by atoms with Crippen molar-refractivity contribution in [2.24, 2.45) is 0 Å². The van der Waals surface area contributed by atoms with Crippen molar-refractivity contribution in [2.45, 2.75) is 19.8 Å². The third-order valence-corrected chi connectivity index (χ3v) is 5.20. The maximum Gasteiger partial charge on any atom is 0.257 e. The molecule has 156 valence electrons. The first-order chi connectivity index (χ1) is 14.1. The van der Waals surface area contributed by atoms with Crippen LogP contribution in [-0.2, 0) is 4.79 Å². The number of ether oxygens (including phenoxy) is 1. The maximum atomic E-state index is 12.7. The van der Waals surface area contributed by atoms with Crippen LogP contribution >= 0.6 is 0 Å². The summed E-state index contributed by atoms with van der Waals surface area (Å²) in [4.78, 5) is 31.1. The van der Waals surface area contributed by atoms with Crippen LogP contribution < -0.4 is 9.64 Å². The Labute approximate surface area is 171 Å². The Morgan fingerprint density at radius 3 is 2.52 bits per heavy atom. The Balaban J connectivity index is 1.52. The lowest BCUT2D eigenvalue weighted by molar-refractivity contribution is -0.131. The SMILES string of the molecule is CCCN(CCC(=O)N1CCN(c2ccccc2OC)CC1)C(=O)c1ccoc1. The molecule has 7 heteroatoms. The largest absolute Gasteiger partial charge is 0.495 e. The quantitative estimate of drug-likeness (QED) is 0.683. The summed E-state index contributed by atoms with van der Waals surface area (Å²) in [5.41, 5.74) is 1.58. The van der Waals surface area contributed by atoms with Crippen molar-refractivity contribution in [3.05, 3.63) is 48.4 Å². The van der Waals surface area contributed by atoms with E-state index in [1.165, 1.54) is 12.5 Å². The van der Waals surface area contributed by atoms with Gasteiger partial charge in [-0.1, -0.05) is 19.1 Å². The van der Waals surface area contributed by atoms with Crippen LogP contribution in [0.3, 0.4) is 0 Å². The molecule has 7 nitrogen and oxygen atoms in total. The van der Waals surface area contributed by atoms with Crippen LogP contribution in [0.2, 0.25) is 0 Å². The van der Waals surface area contributed by atoms with Gasteiger partial charge in [0.25, 0.3) is 5.91 Å². The predicted molar refractivity (Wildman–Crippen MR) is 111 cm³/mol. The summed E-state index contributed by atoms with van der Waals surface area (Å²) in [6.07, 6.45) is 4.11. The lowest BCUT2D eigenvalue weighted by Crippen LogP contribution is -2.49. The van der Waals surface area contributed by atoms with Crippen molar-refractivity contribution in [1.82, 2.24) is 9.80 Å². The Hall–Kier alpha value is -2.96. The third kappa shape index (κ3) is 5.10. The van der Waals surface area contributed by atoms with Crippen LogP contribution in [0.1, 0.15) is 30.1 Å². The highest BCUT2D eigenvalue weighted by Gasteiger charge is 2.24. The number of benzene rings is 1. The summed E-state index contributed by atoms with van der Waals surface area (Å²) < 4.78 is 10.5. The topological polar surface area (TPSA) is 66.2 Å². The van der Waals surface area contributed by atoms with E-state index in [1.54, 1.807) is 18.1 Å². The summed E-state index contributed by atoms with van der Waals surface area (Å²) in [5, 5.41) is 0. The maximum absolute atomic E-state index is 12.7. The minimum absolute atomic E-state index is 0.0885. The van der Waals surface area contributed by atoms with Gasteiger partial charge in [-0.3, -0.25) is 9.59 Å². The van der Waals surface area contributed by atoms with E-state index in [0.717, 1.165) is 30.9 Å². The normalized spacial score (nSPS) is 14.0. The first-order valence-corrected chi connectivity index (χ1v) is 10.1. The van der Waals surface area contributed by atoms with Gasteiger partial charge in [0.15, 0.2) is 0 Å². The Bertz CT molecular complexity index is 798. The van der Waals surface area contributed by atoms with Crippen LogP contribution in [0.5, 0.6) is 5.75 Å². The number of hydrogen-bond acceptors (Lipinski definition) is 5. The highest BCUT2D eigenvalue weighted by Crippen LogP contribution is 2.28. The lowest BCUT2D eigenvalue weighted by atomic mass is 10.2. The van der Waals surface area contributed by atoms with Gasteiger partial charge in [-0.15, -0.1) is 0 Å². The molecule has 0 aliphatic carbocycles. The smallest absolute Gasteiger partial charge is 0.257 e. The van der Waals surface area contributed by atoms with E-state index in [9.17, 15) is 9.59 Å². The molecular weight excluding hydrogens is 370 g/mol. The Morgan fingerprint density at radius 1 is 1.10 bits per heavy atom. The number of rotatable bonds is 8. The molecule has 0 saturated carbocycles. The Morgan fingerprint density at radius 2 is 1.86 bits per heavy atom. The number of nitrogens with zero attached hydrogens (tertiary/aromatic N) is 3. The van der Waals surface area contributed by atoms with E-state index in [2.05, 4.69) is 4.90 Å². The number of carbonyl (C=O) groups excluding carboxylic acids is 2. The molecule has 0 unspecified atom stereocenters. The fourth-order valence-electron chi connectivity index (χ4n) is 3.63. The fraction of sp³-hybridized carbons (Fsp3) is 0.455. The zero-order valence-corrected chi connectivity index (χ0v) is 17.2. The van der Waals surface area contributed by atoms with Crippen LogP contribution in [0.25, 0.3) is 0 Å². The number of para-hydroxylation sites is 2. The average Bonchev–Trinajstić information content (AvgIpc) is 3.31. The minimum atomic E-state index is -0.0885. The molecule has 0 atom stereocenters. The van der Waals surface area contributed by atoms with Gasteiger partial charge in [0.05, 0.1) is 24.6 Å². The summed E-state index contributed by atoms with van der Waals surface area (Å²) in [5.74, 6) is 0.848. The number of carbonyl (C=O) groups is 2. The van der Waals surface area contributed by atoms with Gasteiger partial charge >= 0.3 is 0 Å². The second kappa shape index (κ2) is 10.0. The summed E-state index contributed by atoms with van der Waals surface area (Å²) in [6.45, 7) is 5.93. The number of amides is 2. The lowest BCUT2D eigenvalue weighted by Gasteiger charge is -2.37. The molecule has 3 rings (SSSR count). The van der Waals surface area contributed by atoms with Crippen molar-refractivity contribution in [2.75, 3.05) is 51.3 Å². The van der Waals surface area contributed by atoms with Gasteiger partial charge in [-0.2, -0.15) is 0 Å². The first kappa shape index (κ1) is 20.8. The van der Waals surface area contributed by atoms with Gasteiger partial charge in [-0.05, 0) is 24.6 Å². The van der Waals surface area contributed by atoms with Crippen molar-refractivity contribution < 1.29 is 18.7 Å². The second-order valence-electron chi connectivity index (χ2n) is 7.09. The van der Waals surface area contributed by atoms with Gasteiger partial charge in [0, 0.05) is 45.7 Å². The molecule has 0 spiro atoms. The highest BCUT2D eigenvalue weighted by molar-refractivity contribution is 5.94. The third-order valence-electron chi connectivity index (χ3n) is 5.20. The number of piperazine rings is 1. The van der Waals surface area contributed by atoms with Crippen LogP contribution in [0.15, 0.2) is 47.3 Å². The molecule has 1 fully saturated rings. The molecule has 0 bridgehead atoms. The fourth-order valence-corrected chi connectivity index (χ4v) is 3.63. The molecule has 2 aromatic rings. The Kier molecular flexibility index (Phi) is 7.16. The number of anilines is 1. The zero-order valence-electron chi connectivity index (χ0n) is 17.2. The summed E-state index contributed by atoms with van der Waals surface area (Å²) >= 11 is 0. The molecule has 0 radical (unpaired) electrons. The summed E-state index contributed by atoms with van der Waals surface area (Å²) in [6, 6.07) is 9.60. The van der Waals surface area contributed by atoms with Crippen LogP contribution in [0.4, 0.5) is 5.69 Å². The molecule has 2 amide bonds. The van der Waals surface area contributed by atoms with Crippen LogP contribution in [0, 0.1) is 0 Å². The monoisotopic (exact) mass is 399 g/mol. The molecule has 1 aromatic heterocycles. The van der Waals surface area contributed by atoms with E-state index in [4.69, 9.17) is 9.15 Å². The van der Waals surface area contributed by atoms with Crippen molar-refractivity contribution >= 4 is 17.5 Å². The molecular formula is C22H29N3O4. The molecule has 1 saturated heterocycles. The molecule has 0 N–H and O–H groups in total. The van der Waals surface area contributed by atoms with E-state index < -0.39 is 0 Å². The number of furan rings is 1. The van der Waals surface area contributed by atoms with Gasteiger partial charge < -0.3 is 23.9 Å². The minimum Gasteiger partial charge on any atom is -0.495 e. The number of methoxy groups -OCH3 is 1. The van der Waals surface area contributed by atoms with Crippen LogP contribution in [-0.4, -0.2) is 68.0 Å². The summed E-state index contributed by atoms with van der Waals surface area (Å²) in [7, 11) is 1.67. The van der Waals surface area contributed by atoms with Gasteiger partial charge in [0.2, 0.25) is 5.91 Å². The van der Waals surface area contributed by atoms with Crippen molar-refractivity contribution in [1.29, 1.82) is 0 Å². The standard InChI is InChI=1S/C22H29N3O4/c1-3-10-25(22(27)18-9-16-29-17-18)11-8-21(26)24-14-12-23(13-15-24)19-6-4-5-7-20(19)28-2/h4-7,9,16-17H,3,8,10-15H2,1-2H3. The molecule has 2 heterocycles. The van der Waals surface area contributed by atoms with E-state index >= 15 is 0 Å². The molecule has 29 heavy (non-hydrogen) atoms. The van der Waals surface area contributed by atoms with E-state index in [-0.39, 0.29) is 11.8 Å². The first-order valence-electron chi connectivity index (χ1n) is 10.1. The van der Waals surface area contributed by atoms with E-state index in [0.29, 0.717) is 38.2 Å². The second-order valence-corrected chi connectivity index (χ2v) is 7.09. The van der Waals surface area contributed by atoms with Crippen molar-refractivity contribution in [3.63, 3.8) is 0 Å². The molecule has 1 aliphatic rings. The molecule has 1 aliphatic heterocycles. The highest BCUT2D eigenvalue weighted by atomic mass is 16.5. The van der Waals surface area contributed by atoms with Gasteiger partial charge in [-0.25, -0.2) is 0 Å². The average molecular weight is 399 g/mol.